The van der Waals surface area contributed by atoms with Crippen LogP contribution < -0.4 is 0 Å². The Kier molecular flexibility index (Phi) is 2.90. The second kappa shape index (κ2) is 4.07. The van der Waals surface area contributed by atoms with Gasteiger partial charge in [0.25, 0.3) is 0 Å². The van der Waals surface area contributed by atoms with Crippen LogP contribution in [0.25, 0.3) is 0 Å². The van der Waals surface area contributed by atoms with Crippen LogP contribution in [0.3, 0.4) is 0 Å². The molecule has 0 saturated carbocycles. The molecule has 0 spiro atoms. The Labute approximate surface area is 95.6 Å². The molecule has 1 heterocycles. The summed E-state index contributed by atoms with van der Waals surface area (Å²) >= 11 is 0. The van der Waals surface area contributed by atoms with E-state index in [1.807, 2.05) is 0 Å². The van der Waals surface area contributed by atoms with Gasteiger partial charge in [0.05, 0.1) is 4.90 Å². The molecule has 0 atom stereocenters. The Hall–Kier alpha value is -1.07. The number of aromatic hydroxyl groups is 1. The summed E-state index contributed by atoms with van der Waals surface area (Å²) < 4.78 is 25.8. The summed E-state index contributed by atoms with van der Waals surface area (Å²) in [4.78, 5) is 0.268. The first-order valence-electron chi connectivity index (χ1n) is 5.31. The number of hydrogen-bond donors (Lipinski definition) is 1. The first-order chi connectivity index (χ1) is 7.51. The normalized spacial score (nSPS) is 17.8. The van der Waals surface area contributed by atoms with Crippen LogP contribution >= 0.6 is 0 Å². The van der Waals surface area contributed by atoms with Gasteiger partial charge in [-0.3, -0.25) is 0 Å². The van der Waals surface area contributed by atoms with E-state index in [0.717, 1.165) is 12.8 Å². The Morgan fingerprint density at radius 3 is 2.44 bits per heavy atom. The molecule has 1 aliphatic rings. The number of phenols is 1. The van der Waals surface area contributed by atoms with E-state index >= 15 is 0 Å². The van der Waals surface area contributed by atoms with E-state index in [2.05, 4.69) is 0 Å². The van der Waals surface area contributed by atoms with E-state index < -0.39 is 10.0 Å². The molecule has 0 unspecified atom stereocenters. The SMILES string of the molecule is Cc1cc(S(=O)(=O)N2CCCC2)ccc1O. The summed E-state index contributed by atoms with van der Waals surface area (Å²) in [6.07, 6.45) is 1.85. The third-order valence-corrected chi connectivity index (χ3v) is 4.77. The maximum Gasteiger partial charge on any atom is 0.243 e. The quantitative estimate of drug-likeness (QED) is 0.853. The fourth-order valence-electron chi connectivity index (χ4n) is 1.87. The van der Waals surface area contributed by atoms with Crippen LogP contribution in [0.2, 0.25) is 0 Å². The van der Waals surface area contributed by atoms with Gasteiger partial charge in [0.1, 0.15) is 5.75 Å². The van der Waals surface area contributed by atoms with Gasteiger partial charge in [-0.2, -0.15) is 4.31 Å². The molecule has 0 aliphatic carbocycles. The second-order valence-corrected chi connectivity index (χ2v) is 6.00. The van der Waals surface area contributed by atoms with Gasteiger partial charge in [-0.05, 0) is 43.5 Å². The molecule has 1 aliphatic heterocycles. The molecule has 1 aromatic rings. The third kappa shape index (κ3) is 1.92. The van der Waals surface area contributed by atoms with E-state index in [0.29, 0.717) is 18.7 Å². The van der Waals surface area contributed by atoms with Crippen LogP contribution in [-0.2, 0) is 10.0 Å². The molecule has 1 N–H and O–H groups in total. The molecule has 4 nitrogen and oxygen atoms in total. The van der Waals surface area contributed by atoms with Crippen molar-refractivity contribution in [3.8, 4) is 5.75 Å². The van der Waals surface area contributed by atoms with Crippen molar-refractivity contribution in [2.24, 2.45) is 0 Å². The van der Waals surface area contributed by atoms with Crippen LogP contribution in [0.5, 0.6) is 5.75 Å². The largest absolute Gasteiger partial charge is 0.508 e. The van der Waals surface area contributed by atoms with Crippen molar-refractivity contribution in [1.82, 2.24) is 4.31 Å². The number of benzene rings is 1. The maximum absolute atomic E-state index is 12.1. The first-order valence-corrected chi connectivity index (χ1v) is 6.75. The van der Waals surface area contributed by atoms with Crippen LogP contribution in [0, 0.1) is 6.92 Å². The molecular weight excluding hydrogens is 226 g/mol. The van der Waals surface area contributed by atoms with Gasteiger partial charge in [0.2, 0.25) is 10.0 Å². The van der Waals surface area contributed by atoms with Gasteiger partial charge in [-0.1, -0.05) is 0 Å². The fraction of sp³-hybridized carbons (Fsp3) is 0.455. The summed E-state index contributed by atoms with van der Waals surface area (Å²) in [5, 5.41) is 9.37. The monoisotopic (exact) mass is 241 g/mol. The molecule has 0 radical (unpaired) electrons. The molecule has 2 rings (SSSR count). The van der Waals surface area contributed by atoms with Crippen molar-refractivity contribution in [3.63, 3.8) is 0 Å². The van der Waals surface area contributed by atoms with Crippen LogP contribution in [-0.4, -0.2) is 30.9 Å². The fourth-order valence-corrected chi connectivity index (χ4v) is 3.47. The number of sulfonamides is 1. The Morgan fingerprint density at radius 2 is 1.88 bits per heavy atom. The molecule has 5 heteroatoms. The lowest BCUT2D eigenvalue weighted by Gasteiger charge is -2.15. The van der Waals surface area contributed by atoms with Gasteiger partial charge in [-0.25, -0.2) is 8.42 Å². The highest BCUT2D eigenvalue weighted by Crippen LogP contribution is 2.24. The minimum Gasteiger partial charge on any atom is -0.508 e. The van der Waals surface area contributed by atoms with Crippen molar-refractivity contribution in [2.75, 3.05) is 13.1 Å². The van der Waals surface area contributed by atoms with Crippen molar-refractivity contribution in [3.05, 3.63) is 23.8 Å². The summed E-state index contributed by atoms with van der Waals surface area (Å²) in [5.74, 6) is 0.125. The molecule has 0 aromatic heterocycles. The average Bonchev–Trinajstić information content (AvgIpc) is 2.75. The lowest BCUT2D eigenvalue weighted by Crippen LogP contribution is -2.27. The van der Waals surface area contributed by atoms with Gasteiger partial charge in [-0.15, -0.1) is 0 Å². The Balaban J connectivity index is 2.39. The number of hydrogen-bond acceptors (Lipinski definition) is 3. The molecule has 88 valence electrons. The van der Waals surface area contributed by atoms with Crippen molar-refractivity contribution in [2.45, 2.75) is 24.7 Å². The van der Waals surface area contributed by atoms with Crippen LogP contribution in [0.15, 0.2) is 23.1 Å². The third-order valence-electron chi connectivity index (χ3n) is 2.87. The zero-order valence-corrected chi connectivity index (χ0v) is 10.00. The van der Waals surface area contributed by atoms with Gasteiger partial charge < -0.3 is 5.11 Å². The van der Waals surface area contributed by atoms with Crippen molar-refractivity contribution >= 4 is 10.0 Å². The average molecular weight is 241 g/mol. The van der Waals surface area contributed by atoms with Gasteiger partial charge in [0, 0.05) is 13.1 Å². The standard InChI is InChI=1S/C11H15NO3S/c1-9-8-10(4-5-11(9)13)16(14,15)12-6-2-3-7-12/h4-5,8,13H,2-3,6-7H2,1H3. The number of nitrogens with zero attached hydrogens (tertiary/aromatic N) is 1. The lowest BCUT2D eigenvalue weighted by atomic mass is 10.2. The summed E-state index contributed by atoms with van der Waals surface area (Å²) in [6, 6.07) is 4.40. The number of aryl methyl sites for hydroxylation is 1. The van der Waals surface area contributed by atoms with E-state index in [1.54, 1.807) is 6.92 Å². The van der Waals surface area contributed by atoms with Gasteiger partial charge >= 0.3 is 0 Å². The zero-order valence-electron chi connectivity index (χ0n) is 9.18. The number of phenolic OH excluding ortho intramolecular Hbond substituents is 1. The van der Waals surface area contributed by atoms with Crippen molar-refractivity contribution in [1.29, 1.82) is 0 Å². The minimum absolute atomic E-state index is 0.125. The molecular formula is C11H15NO3S. The lowest BCUT2D eigenvalue weighted by molar-refractivity contribution is 0.468. The minimum atomic E-state index is -3.36. The highest BCUT2D eigenvalue weighted by atomic mass is 32.2. The molecule has 1 aromatic carbocycles. The smallest absolute Gasteiger partial charge is 0.243 e. The molecule has 16 heavy (non-hydrogen) atoms. The Morgan fingerprint density at radius 1 is 1.25 bits per heavy atom. The van der Waals surface area contributed by atoms with E-state index in [-0.39, 0.29) is 10.6 Å². The highest BCUT2D eigenvalue weighted by molar-refractivity contribution is 7.89. The van der Waals surface area contributed by atoms with E-state index in [1.165, 1.54) is 22.5 Å². The molecule has 0 bridgehead atoms. The Bertz CT molecular complexity index is 490. The van der Waals surface area contributed by atoms with Crippen molar-refractivity contribution < 1.29 is 13.5 Å². The molecule has 1 fully saturated rings. The van der Waals surface area contributed by atoms with E-state index in [4.69, 9.17) is 0 Å². The molecule has 0 amide bonds. The van der Waals surface area contributed by atoms with Gasteiger partial charge in [0.15, 0.2) is 0 Å². The molecule has 1 saturated heterocycles. The predicted octanol–water partition coefficient (Wildman–Crippen LogP) is 1.49. The number of rotatable bonds is 2. The summed E-state index contributed by atoms with van der Waals surface area (Å²) in [6.45, 7) is 2.89. The van der Waals surface area contributed by atoms with Crippen LogP contribution in [0.1, 0.15) is 18.4 Å². The summed E-state index contributed by atoms with van der Waals surface area (Å²) in [5.41, 5.74) is 0.584. The predicted molar refractivity (Wildman–Crippen MR) is 60.8 cm³/mol. The maximum atomic E-state index is 12.1. The van der Waals surface area contributed by atoms with E-state index in [9.17, 15) is 13.5 Å². The highest BCUT2D eigenvalue weighted by Gasteiger charge is 2.27. The second-order valence-electron chi connectivity index (χ2n) is 4.06. The zero-order chi connectivity index (χ0) is 11.8. The first kappa shape index (κ1) is 11.4. The topological polar surface area (TPSA) is 57.6 Å². The van der Waals surface area contributed by atoms with Crippen LogP contribution in [0.4, 0.5) is 0 Å². The summed E-state index contributed by atoms with van der Waals surface area (Å²) in [7, 11) is -3.36.